The Kier molecular flexibility index (Phi) is 12.3. The predicted molar refractivity (Wildman–Crippen MR) is 184 cm³/mol. The molecule has 16 heteroatoms. The summed E-state index contributed by atoms with van der Waals surface area (Å²) in [6.45, 7) is 3.33. The fourth-order valence-electron chi connectivity index (χ4n) is 4.46. The minimum atomic E-state index is -4.08. The Hall–Kier alpha value is -5.74. The number of ether oxygens (including phenoxy) is 2. The first-order valence-corrected chi connectivity index (χ1v) is 18.0. The van der Waals surface area contributed by atoms with Crippen LogP contribution in [0.4, 0.5) is 21.0 Å². The molecule has 4 amide bonds. The second kappa shape index (κ2) is 16.6. The summed E-state index contributed by atoms with van der Waals surface area (Å²) < 4.78 is 64.3. The molecule has 262 valence electrons. The molecule has 50 heavy (non-hydrogen) atoms. The number of carbonyl (C=O) groups is 4. The van der Waals surface area contributed by atoms with Gasteiger partial charge in [0.1, 0.15) is 0 Å². The largest absolute Gasteiger partial charge is 0.462 e. The fraction of sp³-hybridized carbons (Fsp3) is 0.176. The number of carbonyl (C=O) groups excluding carboxylic acids is 4. The summed E-state index contributed by atoms with van der Waals surface area (Å²) in [4.78, 5) is 49.2. The number of anilines is 2. The fourth-order valence-corrected chi connectivity index (χ4v) is 6.77. The summed E-state index contributed by atoms with van der Waals surface area (Å²) in [6.07, 6.45) is 0.801. The van der Waals surface area contributed by atoms with Gasteiger partial charge in [0.15, 0.2) is 0 Å². The first kappa shape index (κ1) is 37.1. The highest BCUT2D eigenvalue weighted by Crippen LogP contribution is 2.17. The Morgan fingerprint density at radius 1 is 0.520 bits per heavy atom. The number of sulfonamides is 2. The highest BCUT2D eigenvalue weighted by atomic mass is 32.2. The van der Waals surface area contributed by atoms with Crippen LogP contribution in [0.15, 0.2) is 107 Å². The summed E-state index contributed by atoms with van der Waals surface area (Å²) in [7, 11) is -8.16. The zero-order chi connectivity index (χ0) is 36.3. The van der Waals surface area contributed by atoms with Crippen molar-refractivity contribution in [2.75, 3.05) is 23.8 Å². The number of amides is 4. The predicted octanol–water partition coefficient (Wildman–Crippen LogP) is 5.12. The monoisotopic (exact) mass is 722 g/mol. The molecule has 0 fully saturated rings. The first-order chi connectivity index (χ1) is 23.7. The van der Waals surface area contributed by atoms with Crippen molar-refractivity contribution in [3.63, 3.8) is 0 Å². The molecule has 0 aromatic heterocycles. The topological polar surface area (TPSA) is 203 Å². The van der Waals surface area contributed by atoms with Gasteiger partial charge in [0, 0.05) is 11.4 Å². The van der Waals surface area contributed by atoms with Gasteiger partial charge in [0.25, 0.3) is 20.0 Å². The standard InChI is InChI=1S/C34H34N4O10S2/c1-23-9-3-5-11-29(23)49(43,44)37-33(41)35-27-17-13-25(14-18-27)31(39)47-21-7-8-22-48-32(40)26-15-19-28(20-16-26)36-34(42)38-50(45,46)30-12-6-4-10-24(30)2/h3-6,9-20H,7-8,21-22H2,1-2H3,(H2,35,37,41)(H2,36,38,42). The zero-order valence-electron chi connectivity index (χ0n) is 27.0. The van der Waals surface area contributed by atoms with Crippen molar-refractivity contribution in [3.05, 3.63) is 119 Å². The van der Waals surface area contributed by atoms with Crippen LogP contribution >= 0.6 is 0 Å². The van der Waals surface area contributed by atoms with Gasteiger partial charge in [-0.3, -0.25) is 0 Å². The number of hydrogen-bond donors (Lipinski definition) is 4. The quantitative estimate of drug-likeness (QED) is 0.106. The van der Waals surface area contributed by atoms with E-state index >= 15 is 0 Å². The number of nitrogens with one attached hydrogen (secondary N) is 4. The molecular weight excluding hydrogens is 689 g/mol. The number of benzene rings is 4. The number of unbranched alkanes of at least 4 members (excludes halogenated alkanes) is 1. The number of rotatable bonds is 13. The molecule has 0 spiro atoms. The lowest BCUT2D eigenvalue weighted by Crippen LogP contribution is -2.34. The van der Waals surface area contributed by atoms with Crippen molar-refractivity contribution in [2.24, 2.45) is 0 Å². The van der Waals surface area contributed by atoms with E-state index in [1.54, 1.807) is 50.2 Å². The normalized spacial score (nSPS) is 11.2. The Morgan fingerprint density at radius 2 is 0.860 bits per heavy atom. The van der Waals surface area contributed by atoms with Crippen LogP contribution in [0.5, 0.6) is 0 Å². The van der Waals surface area contributed by atoms with Gasteiger partial charge >= 0.3 is 24.0 Å². The van der Waals surface area contributed by atoms with Crippen LogP contribution in [0.25, 0.3) is 0 Å². The molecule has 0 atom stereocenters. The van der Waals surface area contributed by atoms with Crippen LogP contribution < -0.4 is 20.1 Å². The highest BCUT2D eigenvalue weighted by molar-refractivity contribution is 7.90. The SMILES string of the molecule is Cc1ccccc1S(=O)(=O)NC(=O)Nc1ccc(C(=O)OCCCCOC(=O)c2ccc(NC(=O)NS(=O)(=O)c3ccccc3C)cc2)cc1. The molecule has 0 unspecified atom stereocenters. The molecule has 4 N–H and O–H groups in total. The number of aryl methyl sites for hydroxylation is 2. The van der Waals surface area contributed by atoms with E-state index in [1.807, 2.05) is 9.44 Å². The zero-order valence-corrected chi connectivity index (χ0v) is 28.6. The smallest absolute Gasteiger partial charge is 0.338 e. The Labute approximate surface area is 289 Å². The Bertz CT molecular complexity index is 1930. The van der Waals surface area contributed by atoms with Gasteiger partial charge in [-0.15, -0.1) is 0 Å². The van der Waals surface area contributed by atoms with Crippen LogP contribution in [-0.4, -0.2) is 54.1 Å². The summed E-state index contributed by atoms with van der Waals surface area (Å²) in [6, 6.07) is 21.9. The van der Waals surface area contributed by atoms with E-state index in [0.717, 1.165) is 0 Å². The van der Waals surface area contributed by atoms with Crippen molar-refractivity contribution >= 4 is 55.4 Å². The van der Waals surface area contributed by atoms with Crippen LogP contribution in [0.2, 0.25) is 0 Å². The summed E-state index contributed by atoms with van der Waals surface area (Å²) in [5.41, 5.74) is 1.88. The Balaban J connectivity index is 1.13. The van der Waals surface area contributed by atoms with Crippen LogP contribution in [-0.2, 0) is 29.5 Å². The van der Waals surface area contributed by atoms with Gasteiger partial charge in [0.05, 0.1) is 34.1 Å². The molecule has 0 aliphatic carbocycles. The molecule has 4 rings (SSSR count). The van der Waals surface area contributed by atoms with Crippen molar-refractivity contribution < 1.29 is 45.5 Å². The lowest BCUT2D eigenvalue weighted by atomic mass is 10.2. The minimum absolute atomic E-state index is 0.0213. The van der Waals surface area contributed by atoms with Gasteiger partial charge in [-0.25, -0.2) is 45.5 Å². The second-order valence-corrected chi connectivity index (χ2v) is 14.1. The third kappa shape index (κ3) is 10.4. The van der Waals surface area contributed by atoms with E-state index in [4.69, 9.17) is 9.47 Å². The lowest BCUT2D eigenvalue weighted by Gasteiger charge is -2.11. The third-order valence-corrected chi connectivity index (χ3v) is 9.96. The van der Waals surface area contributed by atoms with Gasteiger partial charge in [-0.2, -0.15) is 0 Å². The molecule has 0 radical (unpaired) electrons. The van der Waals surface area contributed by atoms with Gasteiger partial charge < -0.3 is 20.1 Å². The molecule has 0 saturated heterocycles. The van der Waals surface area contributed by atoms with Crippen molar-refractivity contribution in [3.8, 4) is 0 Å². The molecule has 0 heterocycles. The maximum Gasteiger partial charge on any atom is 0.338 e. The molecule has 0 aliphatic rings. The summed E-state index contributed by atoms with van der Waals surface area (Å²) >= 11 is 0. The summed E-state index contributed by atoms with van der Waals surface area (Å²) in [5, 5.41) is 4.81. The molecule has 14 nitrogen and oxygen atoms in total. The molecule has 4 aromatic rings. The first-order valence-electron chi connectivity index (χ1n) is 15.1. The van der Waals surface area contributed by atoms with Gasteiger partial charge in [-0.1, -0.05) is 36.4 Å². The van der Waals surface area contributed by atoms with Gasteiger partial charge in [-0.05, 0) is 98.5 Å². The van der Waals surface area contributed by atoms with E-state index in [9.17, 15) is 36.0 Å². The van der Waals surface area contributed by atoms with Crippen molar-refractivity contribution in [1.82, 2.24) is 9.44 Å². The molecule has 0 saturated carbocycles. The molecular formula is C34H34N4O10S2. The number of hydrogen-bond acceptors (Lipinski definition) is 10. The van der Waals surface area contributed by atoms with E-state index in [-0.39, 0.29) is 45.5 Å². The van der Waals surface area contributed by atoms with E-state index in [2.05, 4.69) is 10.6 Å². The second-order valence-electron chi connectivity index (χ2n) is 10.8. The minimum Gasteiger partial charge on any atom is -0.462 e. The van der Waals surface area contributed by atoms with E-state index < -0.39 is 44.0 Å². The highest BCUT2D eigenvalue weighted by Gasteiger charge is 2.21. The van der Waals surface area contributed by atoms with Crippen LogP contribution in [0.1, 0.15) is 44.7 Å². The Morgan fingerprint density at radius 3 is 1.20 bits per heavy atom. The van der Waals surface area contributed by atoms with Crippen LogP contribution in [0, 0.1) is 13.8 Å². The average molecular weight is 723 g/mol. The number of esters is 2. The lowest BCUT2D eigenvalue weighted by molar-refractivity contribution is 0.0432. The van der Waals surface area contributed by atoms with Crippen molar-refractivity contribution in [2.45, 2.75) is 36.5 Å². The maximum atomic E-state index is 12.5. The maximum absolute atomic E-state index is 12.5. The summed E-state index contributed by atoms with van der Waals surface area (Å²) in [5.74, 6) is -1.23. The average Bonchev–Trinajstić information content (AvgIpc) is 3.06. The number of urea groups is 2. The molecule has 4 aromatic carbocycles. The van der Waals surface area contributed by atoms with E-state index in [0.29, 0.717) is 24.0 Å². The van der Waals surface area contributed by atoms with Gasteiger partial charge in [0.2, 0.25) is 0 Å². The van der Waals surface area contributed by atoms with Crippen molar-refractivity contribution in [1.29, 1.82) is 0 Å². The van der Waals surface area contributed by atoms with Crippen LogP contribution in [0.3, 0.4) is 0 Å². The van der Waals surface area contributed by atoms with E-state index in [1.165, 1.54) is 60.7 Å². The third-order valence-electron chi connectivity index (χ3n) is 6.98. The molecule has 0 aliphatic heterocycles. The molecule has 0 bridgehead atoms.